The number of nitrogens with one attached hydrogen (secondary N) is 2. The molecule has 0 bridgehead atoms. The van der Waals surface area contributed by atoms with Gasteiger partial charge < -0.3 is 10.6 Å². The number of alkyl halides is 3. The molecule has 6 nitrogen and oxygen atoms in total. The Kier molecular flexibility index (Phi) is 5.23. The van der Waals surface area contributed by atoms with Crippen molar-refractivity contribution in [3.05, 3.63) is 28.3 Å². The molecule has 0 aliphatic carbocycles. The molecule has 0 atom stereocenters. The molecule has 0 unspecified atom stereocenters. The number of anilines is 1. The Morgan fingerprint density at radius 2 is 2.11 bits per heavy atom. The van der Waals surface area contributed by atoms with Gasteiger partial charge in [0.2, 0.25) is 5.95 Å². The van der Waals surface area contributed by atoms with E-state index in [1.807, 2.05) is 6.26 Å². The van der Waals surface area contributed by atoms with Crippen LogP contribution in [0.4, 0.5) is 19.1 Å². The van der Waals surface area contributed by atoms with Crippen molar-refractivity contribution in [1.82, 2.24) is 19.6 Å². The van der Waals surface area contributed by atoms with Crippen molar-refractivity contribution in [3.8, 4) is 10.6 Å². The van der Waals surface area contributed by atoms with Crippen LogP contribution in [-0.4, -0.2) is 45.6 Å². The van der Waals surface area contributed by atoms with E-state index >= 15 is 0 Å². The van der Waals surface area contributed by atoms with Gasteiger partial charge in [0.15, 0.2) is 0 Å². The number of hydrogen-bond donors (Lipinski definition) is 2. The van der Waals surface area contributed by atoms with E-state index in [2.05, 4.69) is 24.9 Å². The second-order valence-electron chi connectivity index (χ2n) is 6.61. The van der Waals surface area contributed by atoms with Gasteiger partial charge in [0, 0.05) is 30.2 Å². The summed E-state index contributed by atoms with van der Waals surface area (Å²) in [5.74, 6) is -0.0809. The number of nitrogens with zero attached hydrogens (tertiary/aromatic N) is 3. The molecule has 1 saturated heterocycles. The van der Waals surface area contributed by atoms with Gasteiger partial charge in [0.25, 0.3) is 5.91 Å². The Hall–Kier alpha value is -1.85. The molecule has 0 spiro atoms. The van der Waals surface area contributed by atoms with E-state index in [-0.39, 0.29) is 23.6 Å². The van der Waals surface area contributed by atoms with E-state index in [0.29, 0.717) is 17.0 Å². The number of amides is 1. The van der Waals surface area contributed by atoms with E-state index in [0.717, 1.165) is 48.3 Å². The average molecular weight is 429 g/mol. The molecule has 2 aliphatic rings. The molecule has 2 aliphatic heterocycles. The lowest BCUT2D eigenvalue weighted by atomic mass is 10.1. The first kappa shape index (κ1) is 19.5. The molecule has 1 amide bonds. The molecule has 0 saturated carbocycles. The van der Waals surface area contributed by atoms with Gasteiger partial charge in [-0.25, -0.2) is 9.97 Å². The number of fused-ring (bicyclic) bond motifs is 1. The molecular formula is C17H18F3N5OS2. The van der Waals surface area contributed by atoms with E-state index in [1.165, 1.54) is 6.07 Å². The van der Waals surface area contributed by atoms with Gasteiger partial charge in [-0.2, -0.15) is 13.2 Å². The van der Waals surface area contributed by atoms with E-state index in [4.69, 9.17) is 0 Å². The van der Waals surface area contributed by atoms with Crippen LogP contribution in [0.2, 0.25) is 0 Å². The first-order chi connectivity index (χ1) is 13.3. The van der Waals surface area contributed by atoms with Gasteiger partial charge >= 0.3 is 6.18 Å². The lowest BCUT2D eigenvalue weighted by molar-refractivity contribution is -0.137. The fourth-order valence-corrected chi connectivity index (χ4v) is 5.01. The summed E-state index contributed by atoms with van der Waals surface area (Å²) in [6.07, 6.45) is 0.0144. The highest BCUT2D eigenvalue weighted by molar-refractivity contribution is 7.96. The second kappa shape index (κ2) is 7.53. The Labute approximate surface area is 168 Å². The predicted octanol–water partition coefficient (Wildman–Crippen LogP) is 3.62. The molecule has 0 radical (unpaired) electrons. The molecule has 0 aromatic carbocycles. The van der Waals surface area contributed by atoms with Gasteiger partial charge in [0.1, 0.15) is 5.56 Å². The van der Waals surface area contributed by atoms with Crippen LogP contribution < -0.4 is 10.6 Å². The predicted molar refractivity (Wildman–Crippen MR) is 103 cm³/mol. The zero-order valence-electron chi connectivity index (χ0n) is 15.0. The molecule has 2 aromatic heterocycles. The molecule has 2 aromatic rings. The van der Waals surface area contributed by atoms with Crippen molar-refractivity contribution >= 4 is 35.1 Å². The highest BCUT2D eigenvalue weighted by atomic mass is 32.2. The zero-order valence-corrected chi connectivity index (χ0v) is 16.6. The van der Waals surface area contributed by atoms with Gasteiger partial charge in [0.05, 0.1) is 22.7 Å². The lowest BCUT2D eigenvalue weighted by Crippen LogP contribution is -2.35. The van der Waals surface area contributed by atoms with Crippen LogP contribution in [0.5, 0.6) is 0 Å². The van der Waals surface area contributed by atoms with Crippen LogP contribution in [0.3, 0.4) is 0 Å². The monoisotopic (exact) mass is 429 g/mol. The van der Waals surface area contributed by atoms with E-state index < -0.39 is 11.7 Å². The van der Waals surface area contributed by atoms with Crippen molar-refractivity contribution in [2.75, 3.05) is 24.7 Å². The van der Waals surface area contributed by atoms with Gasteiger partial charge in [-0.3, -0.25) is 9.10 Å². The van der Waals surface area contributed by atoms with Crippen molar-refractivity contribution < 1.29 is 18.0 Å². The minimum atomic E-state index is -4.58. The molecule has 150 valence electrons. The van der Waals surface area contributed by atoms with Crippen molar-refractivity contribution in [1.29, 1.82) is 0 Å². The maximum absolute atomic E-state index is 13.5. The highest BCUT2D eigenvalue weighted by Gasteiger charge is 2.37. The summed E-state index contributed by atoms with van der Waals surface area (Å²) in [6, 6.07) is 1.60. The quantitative estimate of drug-likeness (QED) is 0.724. The lowest BCUT2D eigenvalue weighted by Gasteiger charge is -2.30. The molecule has 1 fully saturated rings. The van der Waals surface area contributed by atoms with Gasteiger partial charge in [-0.05, 0) is 25.2 Å². The van der Waals surface area contributed by atoms with Crippen LogP contribution in [-0.2, 0) is 12.7 Å². The summed E-state index contributed by atoms with van der Waals surface area (Å²) >= 11 is 2.84. The first-order valence-electron chi connectivity index (χ1n) is 8.76. The summed E-state index contributed by atoms with van der Waals surface area (Å²) in [5, 5.41) is 5.83. The summed E-state index contributed by atoms with van der Waals surface area (Å²) in [6.45, 7) is 2.14. The maximum Gasteiger partial charge on any atom is 0.420 e. The molecular weight excluding hydrogens is 411 g/mol. The van der Waals surface area contributed by atoms with E-state index in [9.17, 15) is 18.0 Å². The SMILES string of the molecule is CSN1CCC(Nc2ncc(C(F)(F)F)c(-c3cc4c(s3)CNC4=O)n2)CC1. The van der Waals surface area contributed by atoms with Gasteiger partial charge in [-0.1, -0.05) is 11.9 Å². The van der Waals surface area contributed by atoms with Crippen molar-refractivity contribution in [3.63, 3.8) is 0 Å². The van der Waals surface area contributed by atoms with Crippen LogP contribution >= 0.6 is 23.3 Å². The summed E-state index contributed by atoms with van der Waals surface area (Å²) in [4.78, 5) is 21.0. The number of carbonyl (C=O) groups is 1. The Balaban J connectivity index is 1.63. The highest BCUT2D eigenvalue weighted by Crippen LogP contribution is 2.40. The minimum Gasteiger partial charge on any atom is -0.351 e. The number of aromatic nitrogens is 2. The number of halogens is 3. The normalized spacial score (nSPS) is 18.2. The van der Waals surface area contributed by atoms with Crippen LogP contribution in [0.15, 0.2) is 12.3 Å². The number of rotatable bonds is 4. The molecule has 2 N–H and O–H groups in total. The number of thiophene rings is 1. The number of hydrogen-bond acceptors (Lipinski definition) is 7. The maximum atomic E-state index is 13.5. The Bertz CT molecular complexity index is 893. The summed E-state index contributed by atoms with van der Waals surface area (Å²) < 4.78 is 42.8. The van der Waals surface area contributed by atoms with Gasteiger partial charge in [-0.15, -0.1) is 11.3 Å². The standard InChI is InChI=1S/C17H18F3N5OS2/c1-27-25-4-2-9(3-5-25)23-16-22-7-11(17(18,19)20)14(24-16)12-6-10-13(28-12)8-21-15(10)26/h6-7,9H,2-5,8H2,1H3,(H,21,26)(H,22,23,24). The third-order valence-electron chi connectivity index (χ3n) is 4.84. The third kappa shape index (κ3) is 3.83. The van der Waals surface area contributed by atoms with E-state index in [1.54, 1.807) is 11.9 Å². The zero-order chi connectivity index (χ0) is 19.9. The Morgan fingerprint density at radius 1 is 1.36 bits per heavy atom. The summed E-state index contributed by atoms with van der Waals surface area (Å²) in [7, 11) is 0. The summed E-state index contributed by atoms with van der Waals surface area (Å²) in [5.41, 5.74) is -0.653. The molecule has 4 rings (SSSR count). The van der Waals surface area contributed by atoms with Crippen molar-refractivity contribution in [2.24, 2.45) is 0 Å². The smallest absolute Gasteiger partial charge is 0.351 e. The fraction of sp³-hybridized carbons (Fsp3) is 0.471. The fourth-order valence-electron chi connectivity index (χ4n) is 3.34. The minimum absolute atomic E-state index is 0.118. The molecule has 11 heteroatoms. The van der Waals surface area contributed by atoms with Crippen LogP contribution in [0.25, 0.3) is 10.6 Å². The Morgan fingerprint density at radius 3 is 2.75 bits per heavy atom. The first-order valence-corrected chi connectivity index (χ1v) is 10.8. The number of piperidine rings is 1. The van der Waals surface area contributed by atoms with Crippen LogP contribution in [0.1, 0.15) is 33.6 Å². The largest absolute Gasteiger partial charge is 0.420 e. The molecule has 4 heterocycles. The topological polar surface area (TPSA) is 70.2 Å². The third-order valence-corrected chi connectivity index (χ3v) is 6.86. The molecule has 28 heavy (non-hydrogen) atoms. The van der Waals surface area contributed by atoms with Crippen molar-refractivity contribution in [2.45, 2.75) is 31.6 Å². The number of carbonyl (C=O) groups excluding carboxylic acids is 1. The second-order valence-corrected chi connectivity index (χ2v) is 8.63. The average Bonchev–Trinajstić information content (AvgIpc) is 3.24. The van der Waals surface area contributed by atoms with Crippen LogP contribution in [0, 0.1) is 0 Å².